The molecular weight excluding hydrogens is 370 g/mol. The number of aromatic nitrogens is 4. The number of hydrogen-bond acceptors (Lipinski definition) is 3. The van der Waals surface area contributed by atoms with Crippen molar-refractivity contribution >= 4 is 33.4 Å². The number of carbonyl (C=O) groups is 1. The van der Waals surface area contributed by atoms with E-state index in [1.807, 2.05) is 24.7 Å². The number of nitrogens with zero attached hydrogens (tertiary/aromatic N) is 4. The van der Waals surface area contributed by atoms with Crippen molar-refractivity contribution in [3.8, 4) is 0 Å². The van der Waals surface area contributed by atoms with Crippen LogP contribution >= 0.6 is 27.5 Å². The molecule has 0 radical (unpaired) electrons. The van der Waals surface area contributed by atoms with Crippen LogP contribution in [0, 0.1) is 13.8 Å². The lowest BCUT2D eigenvalue weighted by Gasteiger charge is -2.05. The Hall–Kier alpha value is -1.34. The number of aryl methyl sites for hydroxylation is 4. The first-order valence-electron chi connectivity index (χ1n) is 7.11. The second-order valence-electron chi connectivity index (χ2n) is 5.10. The van der Waals surface area contributed by atoms with E-state index >= 15 is 0 Å². The zero-order valence-corrected chi connectivity index (χ0v) is 15.0. The summed E-state index contributed by atoms with van der Waals surface area (Å²) in [5.41, 5.74) is 1.75. The molecule has 1 N–H and O–H groups in total. The van der Waals surface area contributed by atoms with Crippen molar-refractivity contribution in [3.63, 3.8) is 0 Å². The molecule has 2 heterocycles. The van der Waals surface area contributed by atoms with Crippen molar-refractivity contribution in [2.45, 2.75) is 39.8 Å². The summed E-state index contributed by atoms with van der Waals surface area (Å²) in [7, 11) is 0. The largest absolute Gasteiger partial charge is 0.356 e. The summed E-state index contributed by atoms with van der Waals surface area (Å²) < 4.78 is 4.58. The molecule has 2 rings (SSSR count). The zero-order chi connectivity index (χ0) is 16.1. The van der Waals surface area contributed by atoms with Gasteiger partial charge in [0.05, 0.1) is 20.9 Å². The fourth-order valence-corrected chi connectivity index (χ4v) is 2.46. The van der Waals surface area contributed by atoms with Crippen LogP contribution in [0.5, 0.6) is 0 Å². The number of nitrogens with one attached hydrogen (secondary N) is 1. The van der Waals surface area contributed by atoms with E-state index in [2.05, 4.69) is 31.4 Å². The number of halogens is 2. The average molecular weight is 389 g/mol. The van der Waals surface area contributed by atoms with Gasteiger partial charge in [0, 0.05) is 38.4 Å². The minimum absolute atomic E-state index is 0.0158. The Bertz CT molecular complexity index is 613. The van der Waals surface area contributed by atoms with E-state index in [4.69, 9.17) is 11.6 Å². The monoisotopic (exact) mass is 387 g/mol. The van der Waals surface area contributed by atoms with E-state index in [1.165, 1.54) is 0 Å². The van der Waals surface area contributed by atoms with E-state index in [-0.39, 0.29) is 5.91 Å². The molecular formula is C14H19BrClN5O. The SMILES string of the molecule is Cc1nn(CCC(=O)NCCCn2cc(Br)c(C)n2)cc1Cl. The van der Waals surface area contributed by atoms with E-state index in [0.29, 0.717) is 24.5 Å². The maximum absolute atomic E-state index is 11.8. The van der Waals surface area contributed by atoms with Gasteiger partial charge < -0.3 is 5.32 Å². The first-order chi connectivity index (χ1) is 10.5. The van der Waals surface area contributed by atoms with Gasteiger partial charge in [-0.05, 0) is 36.2 Å². The maximum Gasteiger partial charge on any atom is 0.221 e. The van der Waals surface area contributed by atoms with Gasteiger partial charge in [-0.1, -0.05) is 11.6 Å². The molecule has 22 heavy (non-hydrogen) atoms. The number of rotatable bonds is 7. The predicted octanol–water partition coefficient (Wildman–Crippen LogP) is 2.71. The van der Waals surface area contributed by atoms with Crippen molar-refractivity contribution in [3.05, 3.63) is 33.3 Å². The smallest absolute Gasteiger partial charge is 0.221 e. The standard InChI is InChI=1S/C14H19BrClN5O/c1-10-12(15)8-20(18-10)6-3-5-17-14(22)4-7-21-9-13(16)11(2)19-21/h8-9H,3-7H2,1-2H3,(H,17,22). The van der Waals surface area contributed by atoms with Gasteiger partial charge in [0.2, 0.25) is 5.91 Å². The Kier molecular flexibility index (Phi) is 6.02. The second-order valence-corrected chi connectivity index (χ2v) is 6.37. The minimum Gasteiger partial charge on any atom is -0.356 e. The van der Waals surface area contributed by atoms with Gasteiger partial charge >= 0.3 is 0 Å². The van der Waals surface area contributed by atoms with Crippen LogP contribution in [0.15, 0.2) is 16.9 Å². The van der Waals surface area contributed by atoms with Crippen molar-refractivity contribution in [2.75, 3.05) is 6.54 Å². The van der Waals surface area contributed by atoms with E-state index in [0.717, 1.165) is 28.8 Å². The quantitative estimate of drug-likeness (QED) is 0.742. The highest BCUT2D eigenvalue weighted by molar-refractivity contribution is 9.10. The highest BCUT2D eigenvalue weighted by Gasteiger charge is 2.05. The molecule has 0 saturated heterocycles. The Morgan fingerprint density at radius 2 is 1.91 bits per heavy atom. The van der Waals surface area contributed by atoms with Crippen LogP contribution in [0.4, 0.5) is 0 Å². The normalized spacial score (nSPS) is 10.9. The number of hydrogen-bond donors (Lipinski definition) is 1. The molecule has 0 aromatic carbocycles. The molecule has 6 nitrogen and oxygen atoms in total. The fourth-order valence-electron chi connectivity index (χ4n) is 1.99. The molecule has 0 fully saturated rings. The first-order valence-corrected chi connectivity index (χ1v) is 8.28. The molecule has 0 bridgehead atoms. The lowest BCUT2D eigenvalue weighted by Crippen LogP contribution is -2.26. The molecule has 0 aliphatic carbocycles. The summed E-state index contributed by atoms with van der Waals surface area (Å²) in [4.78, 5) is 11.8. The minimum atomic E-state index is 0.0158. The topological polar surface area (TPSA) is 64.7 Å². The summed E-state index contributed by atoms with van der Waals surface area (Å²) in [6, 6.07) is 0. The molecule has 8 heteroatoms. The van der Waals surface area contributed by atoms with E-state index in [1.54, 1.807) is 10.9 Å². The highest BCUT2D eigenvalue weighted by atomic mass is 79.9. The summed E-state index contributed by atoms with van der Waals surface area (Å²) in [6.45, 7) is 5.74. The van der Waals surface area contributed by atoms with Crippen molar-refractivity contribution < 1.29 is 4.79 Å². The summed E-state index contributed by atoms with van der Waals surface area (Å²) >= 11 is 9.35. The van der Waals surface area contributed by atoms with Crippen LogP contribution in [0.2, 0.25) is 5.02 Å². The van der Waals surface area contributed by atoms with Gasteiger partial charge in [-0.3, -0.25) is 14.2 Å². The Labute approximate surface area is 143 Å². The third kappa shape index (κ3) is 4.84. The Morgan fingerprint density at radius 1 is 1.23 bits per heavy atom. The van der Waals surface area contributed by atoms with Crippen LogP contribution in [-0.4, -0.2) is 32.0 Å². The molecule has 0 aliphatic heterocycles. The Morgan fingerprint density at radius 3 is 2.50 bits per heavy atom. The van der Waals surface area contributed by atoms with Gasteiger partial charge in [0.15, 0.2) is 0 Å². The van der Waals surface area contributed by atoms with E-state index < -0.39 is 0 Å². The lowest BCUT2D eigenvalue weighted by molar-refractivity contribution is -0.121. The molecule has 0 spiro atoms. The molecule has 0 aliphatic rings. The fraction of sp³-hybridized carbons (Fsp3) is 0.500. The lowest BCUT2D eigenvalue weighted by atomic mass is 10.3. The number of amides is 1. The summed E-state index contributed by atoms with van der Waals surface area (Å²) in [6.07, 6.45) is 4.92. The van der Waals surface area contributed by atoms with Crippen LogP contribution < -0.4 is 5.32 Å². The van der Waals surface area contributed by atoms with Crippen molar-refractivity contribution in [1.29, 1.82) is 0 Å². The predicted molar refractivity (Wildman–Crippen MR) is 88.9 cm³/mol. The average Bonchev–Trinajstić information content (AvgIpc) is 2.96. The maximum atomic E-state index is 11.8. The van der Waals surface area contributed by atoms with Crippen LogP contribution in [0.3, 0.4) is 0 Å². The molecule has 2 aromatic heterocycles. The third-order valence-corrected chi connectivity index (χ3v) is 4.38. The second kappa shape index (κ2) is 7.78. The zero-order valence-electron chi connectivity index (χ0n) is 12.6. The molecule has 0 unspecified atom stereocenters. The molecule has 2 aromatic rings. The number of carbonyl (C=O) groups excluding carboxylic acids is 1. The van der Waals surface area contributed by atoms with Gasteiger partial charge in [-0.25, -0.2) is 0 Å². The molecule has 0 atom stereocenters. The highest BCUT2D eigenvalue weighted by Crippen LogP contribution is 2.13. The van der Waals surface area contributed by atoms with Crippen LogP contribution in [0.1, 0.15) is 24.2 Å². The van der Waals surface area contributed by atoms with Gasteiger partial charge in [0.1, 0.15) is 0 Å². The summed E-state index contributed by atoms with van der Waals surface area (Å²) in [5.74, 6) is 0.0158. The summed E-state index contributed by atoms with van der Waals surface area (Å²) in [5, 5.41) is 12.1. The van der Waals surface area contributed by atoms with Gasteiger partial charge in [0.25, 0.3) is 0 Å². The molecule has 120 valence electrons. The van der Waals surface area contributed by atoms with Crippen LogP contribution in [-0.2, 0) is 17.9 Å². The van der Waals surface area contributed by atoms with E-state index in [9.17, 15) is 4.79 Å². The molecule has 0 saturated carbocycles. The molecule has 1 amide bonds. The van der Waals surface area contributed by atoms with Crippen molar-refractivity contribution in [1.82, 2.24) is 24.9 Å². The third-order valence-electron chi connectivity index (χ3n) is 3.23. The van der Waals surface area contributed by atoms with Gasteiger partial charge in [-0.15, -0.1) is 0 Å². The first kappa shape index (κ1) is 17.0. The Balaban J connectivity index is 1.63. The van der Waals surface area contributed by atoms with Crippen molar-refractivity contribution in [2.24, 2.45) is 0 Å². The van der Waals surface area contributed by atoms with Gasteiger partial charge in [-0.2, -0.15) is 10.2 Å². The van der Waals surface area contributed by atoms with Crippen LogP contribution in [0.25, 0.3) is 0 Å².